The molecule has 26 heavy (non-hydrogen) atoms. The summed E-state index contributed by atoms with van der Waals surface area (Å²) in [5, 5.41) is 3.30. The van der Waals surface area contributed by atoms with Gasteiger partial charge in [0.15, 0.2) is 6.61 Å². The van der Waals surface area contributed by atoms with Gasteiger partial charge in [-0.3, -0.25) is 9.59 Å². The molecule has 0 radical (unpaired) electrons. The second-order valence-corrected chi connectivity index (χ2v) is 6.91. The summed E-state index contributed by atoms with van der Waals surface area (Å²) < 4.78 is 10.6. The Hall–Kier alpha value is -2.67. The van der Waals surface area contributed by atoms with Crippen molar-refractivity contribution in [2.24, 2.45) is 0 Å². The van der Waals surface area contributed by atoms with E-state index in [4.69, 9.17) is 9.47 Å². The van der Waals surface area contributed by atoms with Crippen LogP contribution in [0.1, 0.15) is 44.5 Å². The van der Waals surface area contributed by atoms with E-state index in [1.54, 1.807) is 31.2 Å². The zero-order chi connectivity index (χ0) is 18.5. The first-order valence-corrected chi connectivity index (χ1v) is 9.23. The zero-order valence-electron chi connectivity index (χ0n) is 14.4. The van der Waals surface area contributed by atoms with Crippen LogP contribution in [0.5, 0.6) is 5.75 Å². The molecule has 0 saturated carbocycles. The summed E-state index contributed by atoms with van der Waals surface area (Å²) in [6.45, 7) is 1.86. The highest BCUT2D eigenvalue weighted by atomic mass is 32.1. The van der Waals surface area contributed by atoms with E-state index in [1.165, 1.54) is 11.3 Å². The third-order valence-electron chi connectivity index (χ3n) is 4.04. The fraction of sp³-hybridized carbons (Fsp3) is 0.316. The Morgan fingerprint density at radius 3 is 2.69 bits per heavy atom. The molecule has 1 aliphatic rings. The maximum absolute atomic E-state index is 12.3. The lowest BCUT2D eigenvalue weighted by Crippen LogP contribution is -2.21. The van der Waals surface area contributed by atoms with Gasteiger partial charge in [0.05, 0.1) is 12.2 Å². The second kappa shape index (κ2) is 8.14. The molecule has 1 heterocycles. The molecule has 1 aliphatic carbocycles. The molecular weight excluding hydrogens is 354 g/mol. The average Bonchev–Trinajstić information content (AvgIpc) is 3.21. The lowest BCUT2D eigenvalue weighted by molar-refractivity contribution is -0.118. The summed E-state index contributed by atoms with van der Waals surface area (Å²) in [4.78, 5) is 36.3. The normalized spacial score (nSPS) is 12.3. The molecule has 7 heteroatoms. The molecule has 0 saturated heterocycles. The first-order chi connectivity index (χ1) is 12.6. The van der Waals surface area contributed by atoms with E-state index in [0.29, 0.717) is 21.9 Å². The van der Waals surface area contributed by atoms with Gasteiger partial charge in [-0.15, -0.1) is 11.3 Å². The van der Waals surface area contributed by atoms with Gasteiger partial charge in [0.2, 0.25) is 0 Å². The number of rotatable bonds is 7. The maximum atomic E-state index is 12.3. The summed E-state index contributed by atoms with van der Waals surface area (Å²) in [5.74, 6) is -0.257. The van der Waals surface area contributed by atoms with Crippen molar-refractivity contribution in [1.82, 2.24) is 0 Å². The monoisotopic (exact) mass is 373 g/mol. The number of aryl methyl sites for hydroxylation is 1. The largest absolute Gasteiger partial charge is 0.484 e. The fourth-order valence-electron chi connectivity index (χ4n) is 2.87. The molecule has 1 N–H and O–H groups in total. The Kier molecular flexibility index (Phi) is 5.68. The Bertz CT molecular complexity index is 825. The molecule has 0 atom stereocenters. The number of aldehydes is 1. The van der Waals surface area contributed by atoms with E-state index < -0.39 is 5.97 Å². The van der Waals surface area contributed by atoms with Gasteiger partial charge in [0, 0.05) is 10.4 Å². The maximum Gasteiger partial charge on any atom is 0.341 e. The lowest BCUT2D eigenvalue weighted by atomic mass is 10.1. The van der Waals surface area contributed by atoms with Crippen molar-refractivity contribution < 1.29 is 23.9 Å². The van der Waals surface area contributed by atoms with Crippen LogP contribution in [0.2, 0.25) is 0 Å². The van der Waals surface area contributed by atoms with Crippen LogP contribution in [0, 0.1) is 0 Å². The number of fused-ring (bicyclic) bond motifs is 1. The Balaban J connectivity index is 1.67. The van der Waals surface area contributed by atoms with Crippen LogP contribution >= 0.6 is 11.3 Å². The number of carbonyl (C=O) groups excluding carboxylic acids is 3. The predicted molar refractivity (Wildman–Crippen MR) is 98.3 cm³/mol. The number of esters is 1. The molecule has 0 fully saturated rings. The van der Waals surface area contributed by atoms with Gasteiger partial charge < -0.3 is 14.8 Å². The van der Waals surface area contributed by atoms with Gasteiger partial charge in [-0.05, 0) is 56.0 Å². The second-order valence-electron chi connectivity index (χ2n) is 5.81. The molecule has 0 aliphatic heterocycles. The minimum atomic E-state index is -0.396. The number of carbonyl (C=O) groups is 3. The number of anilines is 1. The van der Waals surface area contributed by atoms with Gasteiger partial charge in [-0.25, -0.2) is 4.79 Å². The topological polar surface area (TPSA) is 81.7 Å². The lowest BCUT2D eigenvalue weighted by Gasteiger charge is -2.09. The van der Waals surface area contributed by atoms with Gasteiger partial charge in [-0.1, -0.05) is 0 Å². The van der Waals surface area contributed by atoms with Crippen molar-refractivity contribution in [1.29, 1.82) is 0 Å². The van der Waals surface area contributed by atoms with Crippen LogP contribution in [0.3, 0.4) is 0 Å². The number of nitrogens with one attached hydrogen (secondary N) is 1. The first kappa shape index (κ1) is 18.1. The zero-order valence-corrected chi connectivity index (χ0v) is 15.2. The number of hydrogen-bond donors (Lipinski definition) is 1. The van der Waals surface area contributed by atoms with Gasteiger partial charge in [-0.2, -0.15) is 0 Å². The van der Waals surface area contributed by atoms with E-state index in [0.717, 1.165) is 36.0 Å². The van der Waals surface area contributed by atoms with Crippen molar-refractivity contribution >= 4 is 34.5 Å². The number of hydrogen-bond acceptors (Lipinski definition) is 6. The van der Waals surface area contributed by atoms with E-state index in [9.17, 15) is 14.4 Å². The summed E-state index contributed by atoms with van der Waals surface area (Å²) in [7, 11) is 0. The molecule has 0 spiro atoms. The van der Waals surface area contributed by atoms with E-state index >= 15 is 0 Å². The van der Waals surface area contributed by atoms with Crippen LogP contribution in [0.15, 0.2) is 24.3 Å². The molecule has 0 bridgehead atoms. The van der Waals surface area contributed by atoms with Crippen molar-refractivity contribution in [3.05, 3.63) is 45.8 Å². The summed E-state index contributed by atoms with van der Waals surface area (Å²) in [6, 6.07) is 6.48. The van der Waals surface area contributed by atoms with E-state index in [-0.39, 0.29) is 19.1 Å². The fourth-order valence-corrected chi connectivity index (χ4v) is 4.16. The predicted octanol–water partition coefficient (Wildman–Crippen LogP) is 3.24. The number of amides is 1. The van der Waals surface area contributed by atoms with Crippen molar-refractivity contribution in [2.45, 2.75) is 26.2 Å². The van der Waals surface area contributed by atoms with Crippen LogP contribution in [-0.2, 0) is 22.4 Å². The molecule has 2 aromatic rings. The Morgan fingerprint density at radius 1 is 1.23 bits per heavy atom. The SMILES string of the molecule is CCOC(=O)c1c(NC(=O)COc2ccc(C=O)cc2)sc2c1CCC2. The van der Waals surface area contributed by atoms with Crippen molar-refractivity contribution in [2.75, 3.05) is 18.5 Å². The molecule has 0 unspecified atom stereocenters. The van der Waals surface area contributed by atoms with Gasteiger partial charge in [0.25, 0.3) is 5.91 Å². The molecule has 1 amide bonds. The number of ether oxygens (including phenoxy) is 2. The molecule has 3 rings (SSSR count). The number of thiophene rings is 1. The standard InChI is InChI=1S/C19H19NO5S/c1-2-24-19(23)17-14-4-3-5-15(14)26-18(17)20-16(22)11-25-13-8-6-12(10-21)7-9-13/h6-10H,2-5,11H2,1H3,(H,20,22). The van der Waals surface area contributed by atoms with Gasteiger partial charge >= 0.3 is 5.97 Å². The smallest absolute Gasteiger partial charge is 0.341 e. The van der Waals surface area contributed by atoms with Crippen LogP contribution in [0.4, 0.5) is 5.00 Å². The van der Waals surface area contributed by atoms with Crippen molar-refractivity contribution in [3.63, 3.8) is 0 Å². The highest BCUT2D eigenvalue weighted by Crippen LogP contribution is 2.39. The average molecular weight is 373 g/mol. The molecule has 1 aromatic heterocycles. The molecule has 6 nitrogen and oxygen atoms in total. The van der Waals surface area contributed by atoms with Crippen LogP contribution < -0.4 is 10.1 Å². The highest BCUT2D eigenvalue weighted by Gasteiger charge is 2.28. The molecule has 136 valence electrons. The minimum Gasteiger partial charge on any atom is -0.484 e. The molecular formula is C19H19NO5S. The van der Waals surface area contributed by atoms with Crippen LogP contribution in [-0.4, -0.2) is 31.4 Å². The Labute approximate surface area is 155 Å². The first-order valence-electron chi connectivity index (χ1n) is 8.42. The van der Waals surface area contributed by atoms with E-state index in [2.05, 4.69) is 5.32 Å². The summed E-state index contributed by atoms with van der Waals surface area (Å²) in [5.41, 5.74) is 2.01. The summed E-state index contributed by atoms with van der Waals surface area (Å²) in [6.07, 6.45) is 3.50. The third kappa shape index (κ3) is 3.94. The molecule has 1 aromatic carbocycles. The van der Waals surface area contributed by atoms with Crippen LogP contribution in [0.25, 0.3) is 0 Å². The quantitative estimate of drug-likeness (QED) is 0.595. The van der Waals surface area contributed by atoms with Gasteiger partial charge in [0.1, 0.15) is 17.0 Å². The van der Waals surface area contributed by atoms with E-state index in [1.807, 2.05) is 0 Å². The number of benzene rings is 1. The summed E-state index contributed by atoms with van der Waals surface area (Å²) >= 11 is 1.43. The Morgan fingerprint density at radius 2 is 2.00 bits per heavy atom. The van der Waals surface area contributed by atoms with Crippen molar-refractivity contribution in [3.8, 4) is 5.75 Å². The minimum absolute atomic E-state index is 0.189. The third-order valence-corrected chi connectivity index (χ3v) is 5.25. The highest BCUT2D eigenvalue weighted by molar-refractivity contribution is 7.17.